The standard InChI is InChI=1S/C19H34N4O2.HI/c1-6-20-19(21-8-10-23(4)9-7-11-25-5)22-14-17-12-15(2)18(24)16(3)13-17;/h12-13,24H,6-11,14H2,1-5H3,(H2,20,21,22);1H. The second kappa shape index (κ2) is 14.1. The predicted molar refractivity (Wildman–Crippen MR) is 120 cm³/mol. The molecule has 1 rings (SSSR count). The number of nitrogens with one attached hydrogen (secondary N) is 2. The summed E-state index contributed by atoms with van der Waals surface area (Å²) in [5.74, 6) is 1.19. The number of phenolic OH excluding ortho intramolecular Hbond substituents is 1. The second-order valence-electron chi connectivity index (χ2n) is 6.35. The number of hydrogen-bond acceptors (Lipinski definition) is 4. The fourth-order valence-electron chi connectivity index (χ4n) is 2.60. The maximum atomic E-state index is 9.86. The minimum Gasteiger partial charge on any atom is -0.507 e. The van der Waals surface area contributed by atoms with Gasteiger partial charge in [-0.15, -0.1) is 24.0 Å². The maximum absolute atomic E-state index is 9.86. The van der Waals surface area contributed by atoms with Gasteiger partial charge in [0.05, 0.1) is 6.54 Å². The number of aliphatic imine (C=N–C) groups is 1. The third-order valence-corrected chi connectivity index (χ3v) is 3.99. The van der Waals surface area contributed by atoms with Gasteiger partial charge in [-0.05, 0) is 50.9 Å². The molecule has 0 spiro atoms. The van der Waals surface area contributed by atoms with E-state index in [1.807, 2.05) is 26.0 Å². The lowest BCUT2D eigenvalue weighted by Crippen LogP contribution is -2.41. The average molecular weight is 478 g/mol. The van der Waals surface area contributed by atoms with E-state index in [4.69, 9.17) is 4.74 Å². The third kappa shape index (κ3) is 9.59. The van der Waals surface area contributed by atoms with E-state index in [0.29, 0.717) is 12.3 Å². The SMILES string of the molecule is CCNC(=NCc1cc(C)c(O)c(C)c1)NCCN(C)CCCOC.I. The van der Waals surface area contributed by atoms with E-state index in [9.17, 15) is 5.11 Å². The van der Waals surface area contributed by atoms with Crippen molar-refractivity contribution in [3.8, 4) is 5.75 Å². The van der Waals surface area contributed by atoms with Gasteiger partial charge >= 0.3 is 0 Å². The Labute approximate surface area is 175 Å². The van der Waals surface area contributed by atoms with Gasteiger partial charge in [0.1, 0.15) is 5.75 Å². The van der Waals surface area contributed by atoms with Crippen molar-refractivity contribution in [2.45, 2.75) is 33.7 Å². The van der Waals surface area contributed by atoms with Crippen LogP contribution in [0.1, 0.15) is 30.0 Å². The first-order valence-corrected chi connectivity index (χ1v) is 8.96. The maximum Gasteiger partial charge on any atom is 0.191 e. The van der Waals surface area contributed by atoms with Gasteiger partial charge in [-0.2, -0.15) is 0 Å². The highest BCUT2D eigenvalue weighted by molar-refractivity contribution is 14.0. The molecule has 0 aliphatic rings. The highest BCUT2D eigenvalue weighted by Gasteiger charge is 2.04. The summed E-state index contributed by atoms with van der Waals surface area (Å²) in [7, 11) is 3.85. The minimum absolute atomic E-state index is 0. The summed E-state index contributed by atoms with van der Waals surface area (Å²) in [6.45, 7) is 10.9. The number of aromatic hydroxyl groups is 1. The normalized spacial score (nSPS) is 11.4. The number of benzene rings is 1. The first-order chi connectivity index (χ1) is 12.0. The van der Waals surface area contributed by atoms with E-state index in [0.717, 1.165) is 61.9 Å². The lowest BCUT2D eigenvalue weighted by Gasteiger charge is -2.18. The van der Waals surface area contributed by atoms with E-state index in [-0.39, 0.29) is 24.0 Å². The first-order valence-electron chi connectivity index (χ1n) is 8.96. The fraction of sp³-hybridized carbons (Fsp3) is 0.632. The van der Waals surface area contributed by atoms with Crippen molar-refractivity contribution in [2.24, 2.45) is 4.99 Å². The minimum atomic E-state index is 0. The number of likely N-dealkylation sites (N-methyl/N-ethyl adjacent to an activating group) is 1. The van der Waals surface area contributed by atoms with E-state index < -0.39 is 0 Å². The fourth-order valence-corrected chi connectivity index (χ4v) is 2.60. The van der Waals surface area contributed by atoms with Gasteiger partial charge in [-0.1, -0.05) is 12.1 Å². The first kappa shape index (κ1) is 24.9. The zero-order chi connectivity index (χ0) is 18.7. The quantitative estimate of drug-likeness (QED) is 0.209. The lowest BCUT2D eigenvalue weighted by atomic mass is 10.1. The molecule has 0 radical (unpaired) electrons. The van der Waals surface area contributed by atoms with Crippen LogP contribution in [0, 0.1) is 13.8 Å². The number of halogens is 1. The Kier molecular flexibility index (Phi) is 13.5. The Hall–Kier alpha value is -1.06. The molecule has 0 aromatic heterocycles. The van der Waals surface area contributed by atoms with Crippen LogP contribution in [-0.4, -0.2) is 62.9 Å². The molecule has 0 fully saturated rings. The molecular weight excluding hydrogens is 443 g/mol. The molecule has 150 valence electrons. The topological polar surface area (TPSA) is 69.1 Å². The summed E-state index contributed by atoms with van der Waals surface area (Å²) in [6, 6.07) is 3.97. The molecule has 6 nitrogen and oxygen atoms in total. The van der Waals surface area contributed by atoms with Crippen LogP contribution in [-0.2, 0) is 11.3 Å². The number of guanidine groups is 1. The van der Waals surface area contributed by atoms with Crippen LogP contribution < -0.4 is 10.6 Å². The summed E-state index contributed by atoms with van der Waals surface area (Å²) in [5, 5.41) is 16.5. The molecule has 0 amide bonds. The molecule has 0 heterocycles. The Morgan fingerprint density at radius 2 is 1.85 bits per heavy atom. The van der Waals surface area contributed by atoms with Crippen molar-refractivity contribution in [1.29, 1.82) is 0 Å². The van der Waals surface area contributed by atoms with Crippen molar-refractivity contribution in [1.82, 2.24) is 15.5 Å². The molecule has 0 saturated heterocycles. The van der Waals surface area contributed by atoms with Crippen LogP contribution in [0.4, 0.5) is 0 Å². The molecule has 0 bridgehead atoms. The number of rotatable bonds is 10. The monoisotopic (exact) mass is 478 g/mol. The van der Waals surface area contributed by atoms with E-state index in [2.05, 4.69) is 34.5 Å². The van der Waals surface area contributed by atoms with E-state index >= 15 is 0 Å². The summed E-state index contributed by atoms with van der Waals surface area (Å²) < 4.78 is 5.08. The largest absolute Gasteiger partial charge is 0.507 e. The molecule has 26 heavy (non-hydrogen) atoms. The van der Waals surface area contributed by atoms with Gasteiger partial charge in [0, 0.05) is 39.9 Å². The molecule has 1 aromatic carbocycles. The highest BCUT2D eigenvalue weighted by atomic mass is 127. The Morgan fingerprint density at radius 3 is 2.42 bits per heavy atom. The van der Waals surface area contributed by atoms with Crippen LogP contribution in [0.2, 0.25) is 0 Å². The molecule has 0 saturated carbocycles. The van der Waals surface area contributed by atoms with Gasteiger partial charge in [0.2, 0.25) is 0 Å². The van der Waals surface area contributed by atoms with Crippen LogP contribution in [0.5, 0.6) is 5.75 Å². The molecule has 0 aliphatic heterocycles. The molecule has 0 unspecified atom stereocenters. The number of phenols is 1. The average Bonchev–Trinajstić information content (AvgIpc) is 2.57. The van der Waals surface area contributed by atoms with Gasteiger partial charge in [0.25, 0.3) is 0 Å². The van der Waals surface area contributed by atoms with Gasteiger partial charge in [0.15, 0.2) is 5.96 Å². The summed E-state index contributed by atoms with van der Waals surface area (Å²) >= 11 is 0. The van der Waals surface area contributed by atoms with Crippen LogP contribution in [0.3, 0.4) is 0 Å². The second-order valence-corrected chi connectivity index (χ2v) is 6.35. The smallest absolute Gasteiger partial charge is 0.191 e. The zero-order valence-electron chi connectivity index (χ0n) is 16.8. The lowest BCUT2D eigenvalue weighted by molar-refractivity contribution is 0.180. The van der Waals surface area contributed by atoms with E-state index in [1.54, 1.807) is 7.11 Å². The van der Waals surface area contributed by atoms with Gasteiger partial charge in [-0.25, -0.2) is 4.99 Å². The molecule has 0 atom stereocenters. The van der Waals surface area contributed by atoms with Crippen molar-refractivity contribution in [3.05, 3.63) is 28.8 Å². The van der Waals surface area contributed by atoms with Crippen LogP contribution in [0.15, 0.2) is 17.1 Å². The molecule has 3 N–H and O–H groups in total. The number of aryl methyl sites for hydroxylation is 2. The summed E-state index contributed by atoms with van der Waals surface area (Å²) in [4.78, 5) is 6.92. The third-order valence-electron chi connectivity index (χ3n) is 3.99. The Balaban J connectivity index is 0.00000625. The van der Waals surface area contributed by atoms with E-state index in [1.165, 1.54) is 0 Å². The van der Waals surface area contributed by atoms with Gasteiger partial charge < -0.3 is 25.4 Å². The molecule has 1 aromatic rings. The van der Waals surface area contributed by atoms with Crippen molar-refractivity contribution in [2.75, 3.05) is 46.9 Å². The van der Waals surface area contributed by atoms with Crippen LogP contribution >= 0.6 is 24.0 Å². The summed E-state index contributed by atoms with van der Waals surface area (Å²) in [5.41, 5.74) is 2.88. The van der Waals surface area contributed by atoms with Crippen LogP contribution in [0.25, 0.3) is 0 Å². The van der Waals surface area contributed by atoms with Crippen molar-refractivity contribution in [3.63, 3.8) is 0 Å². The zero-order valence-corrected chi connectivity index (χ0v) is 19.1. The Morgan fingerprint density at radius 1 is 1.19 bits per heavy atom. The predicted octanol–water partition coefficient (Wildman–Crippen LogP) is 2.65. The number of ether oxygens (including phenoxy) is 1. The molecular formula is C19H35IN4O2. The highest BCUT2D eigenvalue weighted by Crippen LogP contribution is 2.23. The van der Waals surface area contributed by atoms with Crippen molar-refractivity contribution >= 4 is 29.9 Å². The summed E-state index contributed by atoms with van der Waals surface area (Å²) in [6.07, 6.45) is 1.04. The van der Waals surface area contributed by atoms with Crippen molar-refractivity contribution < 1.29 is 9.84 Å². The number of hydrogen-bond donors (Lipinski definition) is 3. The Bertz CT molecular complexity index is 529. The number of nitrogens with zero attached hydrogens (tertiary/aromatic N) is 2. The van der Waals surface area contributed by atoms with Gasteiger partial charge in [-0.3, -0.25) is 0 Å². The number of methoxy groups -OCH3 is 1. The molecule has 7 heteroatoms. The molecule has 0 aliphatic carbocycles.